The molecular formula is C20H19F2N3O3S. The van der Waals surface area contributed by atoms with E-state index in [1.807, 2.05) is 31.2 Å². The first-order valence-electron chi connectivity index (χ1n) is 9.11. The van der Waals surface area contributed by atoms with Gasteiger partial charge in [0.25, 0.3) is 5.91 Å². The minimum Gasteiger partial charge on any atom is -0.358 e. The second-order valence-electron chi connectivity index (χ2n) is 6.94. The molecule has 2 heterocycles. The molecule has 1 N–H and O–H groups in total. The number of hydrogen-bond donors (Lipinski definition) is 1. The van der Waals surface area contributed by atoms with Crippen molar-refractivity contribution < 1.29 is 22.0 Å². The highest BCUT2D eigenvalue weighted by molar-refractivity contribution is 7.89. The maximum atomic E-state index is 14.0. The maximum absolute atomic E-state index is 14.0. The fraction of sp³-hybridized carbons (Fsp3) is 0.250. The first kappa shape index (κ1) is 19.5. The number of para-hydroxylation sites is 1. The fourth-order valence-electron chi connectivity index (χ4n) is 3.66. The number of carbonyl (C=O) groups is 1. The first-order chi connectivity index (χ1) is 13.8. The number of nitrogens with one attached hydrogen (secondary N) is 1. The van der Waals surface area contributed by atoms with Crippen LogP contribution >= 0.6 is 0 Å². The Kier molecular flexibility index (Phi) is 4.87. The molecule has 4 rings (SSSR count). The van der Waals surface area contributed by atoms with E-state index in [0.29, 0.717) is 11.6 Å². The highest BCUT2D eigenvalue weighted by atomic mass is 32.2. The van der Waals surface area contributed by atoms with Crippen molar-refractivity contribution in [2.75, 3.05) is 26.2 Å². The Morgan fingerprint density at radius 3 is 2.45 bits per heavy atom. The molecule has 0 radical (unpaired) electrons. The molecular weight excluding hydrogens is 400 g/mol. The Balaban J connectivity index is 1.54. The summed E-state index contributed by atoms with van der Waals surface area (Å²) >= 11 is 0. The minimum absolute atomic E-state index is 0.00539. The van der Waals surface area contributed by atoms with Crippen molar-refractivity contribution in [1.82, 2.24) is 14.2 Å². The smallest absolute Gasteiger partial charge is 0.256 e. The molecule has 0 spiro atoms. The normalized spacial score (nSPS) is 15.8. The summed E-state index contributed by atoms with van der Waals surface area (Å²) in [6, 6.07) is 9.82. The van der Waals surface area contributed by atoms with E-state index in [1.54, 1.807) is 4.90 Å². The summed E-state index contributed by atoms with van der Waals surface area (Å²) in [4.78, 5) is 17.1. The van der Waals surface area contributed by atoms with Crippen LogP contribution in [0, 0.1) is 18.6 Å². The Hall–Kier alpha value is -2.78. The number of carbonyl (C=O) groups excluding carboxylic acids is 1. The summed E-state index contributed by atoms with van der Waals surface area (Å²) in [5.74, 6) is -2.01. The van der Waals surface area contributed by atoms with E-state index in [1.165, 1.54) is 0 Å². The molecule has 1 fully saturated rings. The van der Waals surface area contributed by atoms with E-state index in [9.17, 15) is 22.0 Å². The van der Waals surface area contributed by atoms with Gasteiger partial charge in [-0.25, -0.2) is 17.2 Å². The zero-order valence-corrected chi connectivity index (χ0v) is 16.5. The van der Waals surface area contributed by atoms with Gasteiger partial charge in [0, 0.05) is 42.8 Å². The van der Waals surface area contributed by atoms with Crippen LogP contribution in [-0.4, -0.2) is 54.7 Å². The van der Waals surface area contributed by atoms with Gasteiger partial charge in [-0.15, -0.1) is 0 Å². The number of aromatic amines is 1. The molecule has 152 valence electrons. The molecule has 1 aromatic heterocycles. The zero-order valence-electron chi connectivity index (χ0n) is 15.7. The van der Waals surface area contributed by atoms with Gasteiger partial charge >= 0.3 is 0 Å². The molecule has 9 heteroatoms. The van der Waals surface area contributed by atoms with E-state index in [2.05, 4.69) is 4.98 Å². The van der Waals surface area contributed by atoms with Crippen molar-refractivity contribution in [3.63, 3.8) is 0 Å². The average Bonchev–Trinajstić information content (AvgIpc) is 3.05. The third-order valence-corrected chi connectivity index (χ3v) is 7.06. The van der Waals surface area contributed by atoms with Crippen LogP contribution in [0.25, 0.3) is 10.9 Å². The van der Waals surface area contributed by atoms with Gasteiger partial charge in [0.2, 0.25) is 10.0 Å². The zero-order chi connectivity index (χ0) is 20.8. The van der Waals surface area contributed by atoms with Gasteiger partial charge in [0.1, 0.15) is 16.5 Å². The third-order valence-electron chi connectivity index (χ3n) is 5.14. The number of piperazine rings is 1. The van der Waals surface area contributed by atoms with Gasteiger partial charge in [-0.1, -0.05) is 18.2 Å². The average molecular weight is 419 g/mol. The van der Waals surface area contributed by atoms with E-state index in [0.717, 1.165) is 33.0 Å². The SMILES string of the molecule is Cc1[nH]c2ccccc2c1C(=O)N1CCN(S(=O)(=O)c2cc(F)ccc2F)CC1. The fourth-order valence-corrected chi connectivity index (χ4v) is 5.15. The predicted molar refractivity (Wildman–Crippen MR) is 104 cm³/mol. The van der Waals surface area contributed by atoms with Gasteiger partial charge < -0.3 is 9.88 Å². The molecule has 6 nitrogen and oxygen atoms in total. The van der Waals surface area contributed by atoms with Crippen LogP contribution in [0.1, 0.15) is 16.1 Å². The summed E-state index contributed by atoms with van der Waals surface area (Å²) < 4.78 is 53.9. The summed E-state index contributed by atoms with van der Waals surface area (Å²) in [7, 11) is -4.19. The lowest BCUT2D eigenvalue weighted by Gasteiger charge is -2.34. The van der Waals surface area contributed by atoms with Gasteiger partial charge in [-0.3, -0.25) is 4.79 Å². The molecule has 1 aliphatic heterocycles. The second-order valence-corrected chi connectivity index (χ2v) is 8.85. The number of amides is 1. The van der Waals surface area contributed by atoms with Crippen molar-refractivity contribution in [1.29, 1.82) is 0 Å². The highest BCUT2D eigenvalue weighted by Crippen LogP contribution is 2.25. The summed E-state index contributed by atoms with van der Waals surface area (Å²) in [5, 5.41) is 0.812. The molecule has 1 aliphatic rings. The minimum atomic E-state index is -4.19. The van der Waals surface area contributed by atoms with Crippen molar-refractivity contribution in [2.45, 2.75) is 11.8 Å². The Morgan fingerprint density at radius 1 is 1.03 bits per heavy atom. The monoisotopic (exact) mass is 419 g/mol. The van der Waals surface area contributed by atoms with Gasteiger partial charge in [-0.05, 0) is 31.2 Å². The number of aromatic nitrogens is 1. The van der Waals surface area contributed by atoms with E-state index in [-0.39, 0.29) is 32.1 Å². The van der Waals surface area contributed by atoms with Crippen LogP contribution in [0.2, 0.25) is 0 Å². The van der Waals surface area contributed by atoms with Gasteiger partial charge in [0.05, 0.1) is 5.56 Å². The lowest BCUT2D eigenvalue weighted by Crippen LogP contribution is -2.50. The predicted octanol–water partition coefficient (Wildman–Crippen LogP) is 2.90. The van der Waals surface area contributed by atoms with E-state index >= 15 is 0 Å². The number of benzene rings is 2. The molecule has 2 aromatic carbocycles. The molecule has 0 unspecified atom stereocenters. The number of hydrogen-bond acceptors (Lipinski definition) is 3. The quantitative estimate of drug-likeness (QED) is 0.710. The number of halogens is 2. The van der Waals surface area contributed by atoms with Crippen LogP contribution in [0.5, 0.6) is 0 Å². The Bertz CT molecular complexity index is 1200. The molecule has 0 saturated carbocycles. The van der Waals surface area contributed by atoms with Gasteiger partial charge in [-0.2, -0.15) is 4.31 Å². The number of H-pyrrole nitrogens is 1. The molecule has 3 aromatic rings. The topological polar surface area (TPSA) is 73.5 Å². The van der Waals surface area contributed by atoms with Crippen LogP contribution in [0.15, 0.2) is 47.4 Å². The summed E-state index contributed by atoms with van der Waals surface area (Å²) in [6.45, 7) is 2.15. The lowest BCUT2D eigenvalue weighted by atomic mass is 10.1. The summed E-state index contributed by atoms with van der Waals surface area (Å²) in [6.07, 6.45) is 0. The van der Waals surface area contributed by atoms with E-state index < -0.39 is 26.6 Å². The third kappa shape index (κ3) is 3.40. The number of nitrogens with zero attached hydrogens (tertiary/aromatic N) is 2. The van der Waals surface area contributed by atoms with Crippen LogP contribution in [0.4, 0.5) is 8.78 Å². The molecule has 1 amide bonds. The molecule has 1 saturated heterocycles. The molecule has 0 aliphatic carbocycles. The Morgan fingerprint density at radius 2 is 1.72 bits per heavy atom. The van der Waals surface area contributed by atoms with E-state index in [4.69, 9.17) is 0 Å². The maximum Gasteiger partial charge on any atom is 0.256 e. The standard InChI is InChI=1S/C20H19F2N3O3S/c1-13-19(15-4-2-3-5-17(15)23-13)20(26)24-8-10-25(11-9-24)29(27,28)18-12-14(21)6-7-16(18)22/h2-7,12,23H,8-11H2,1H3. The van der Waals surface area contributed by atoms with Crippen LogP contribution in [-0.2, 0) is 10.0 Å². The number of rotatable bonds is 3. The summed E-state index contributed by atoms with van der Waals surface area (Å²) in [5.41, 5.74) is 2.16. The van der Waals surface area contributed by atoms with Crippen molar-refractivity contribution in [3.05, 3.63) is 65.4 Å². The molecule has 0 atom stereocenters. The molecule has 29 heavy (non-hydrogen) atoms. The van der Waals surface area contributed by atoms with Crippen molar-refractivity contribution in [3.8, 4) is 0 Å². The largest absolute Gasteiger partial charge is 0.358 e. The number of aryl methyl sites for hydroxylation is 1. The Labute approximate surface area is 166 Å². The number of fused-ring (bicyclic) bond motifs is 1. The van der Waals surface area contributed by atoms with Crippen LogP contribution in [0.3, 0.4) is 0 Å². The lowest BCUT2D eigenvalue weighted by molar-refractivity contribution is 0.0699. The van der Waals surface area contributed by atoms with Crippen molar-refractivity contribution >= 4 is 26.8 Å². The first-order valence-corrected chi connectivity index (χ1v) is 10.5. The second kappa shape index (κ2) is 7.23. The highest BCUT2D eigenvalue weighted by Gasteiger charge is 2.33. The van der Waals surface area contributed by atoms with Gasteiger partial charge in [0.15, 0.2) is 0 Å². The van der Waals surface area contributed by atoms with Crippen molar-refractivity contribution in [2.24, 2.45) is 0 Å². The molecule has 0 bridgehead atoms. The van der Waals surface area contributed by atoms with Crippen LogP contribution < -0.4 is 0 Å². The number of sulfonamides is 1.